The van der Waals surface area contributed by atoms with Crippen molar-refractivity contribution in [1.29, 1.82) is 0 Å². The Labute approximate surface area is 95.8 Å². The van der Waals surface area contributed by atoms with Gasteiger partial charge in [0.2, 0.25) is 0 Å². The number of nitrogens with zero attached hydrogens (tertiary/aromatic N) is 1. The number of pyridine rings is 1. The molecule has 0 saturated carbocycles. The maximum Gasteiger partial charge on any atom is 0.278 e. The van der Waals surface area contributed by atoms with Crippen LogP contribution in [0.4, 0.5) is 13.2 Å². The highest BCUT2D eigenvalue weighted by Crippen LogP contribution is 2.30. The lowest BCUT2D eigenvalue weighted by Crippen LogP contribution is -2.02. The molecule has 0 N–H and O–H groups in total. The summed E-state index contributed by atoms with van der Waals surface area (Å²) in [6, 6.07) is 0.342. The summed E-state index contributed by atoms with van der Waals surface area (Å²) in [5.41, 5.74) is -1.00. The fourth-order valence-corrected chi connectivity index (χ4v) is 2.15. The molecule has 3 nitrogen and oxygen atoms in total. The first-order chi connectivity index (χ1) is 6.73. The van der Waals surface area contributed by atoms with Crippen molar-refractivity contribution in [3.63, 3.8) is 0 Å². The van der Waals surface area contributed by atoms with Crippen LogP contribution in [-0.2, 0) is 9.05 Å². The maximum absolute atomic E-state index is 13.0. The van der Waals surface area contributed by atoms with E-state index in [0.29, 0.717) is 6.07 Å². The van der Waals surface area contributed by atoms with Gasteiger partial charge in [-0.1, -0.05) is 0 Å². The summed E-state index contributed by atoms with van der Waals surface area (Å²) in [7, 11) is 0.625. The van der Waals surface area contributed by atoms with Gasteiger partial charge in [0.25, 0.3) is 15.5 Å². The van der Waals surface area contributed by atoms with Crippen LogP contribution in [0.5, 0.6) is 0 Å². The van der Waals surface area contributed by atoms with Crippen molar-refractivity contribution >= 4 is 35.7 Å². The van der Waals surface area contributed by atoms with Crippen LogP contribution >= 0.6 is 26.6 Å². The summed E-state index contributed by atoms with van der Waals surface area (Å²) in [5.74, 6) is -1.38. The van der Waals surface area contributed by atoms with Crippen LogP contribution in [0.3, 0.4) is 0 Å². The van der Waals surface area contributed by atoms with Gasteiger partial charge in [0.15, 0.2) is 5.03 Å². The Morgan fingerprint density at radius 1 is 1.47 bits per heavy atom. The van der Waals surface area contributed by atoms with E-state index in [-0.39, 0.29) is 0 Å². The van der Waals surface area contributed by atoms with Crippen molar-refractivity contribution in [3.8, 4) is 0 Å². The maximum atomic E-state index is 13.0. The number of rotatable bonds is 2. The van der Waals surface area contributed by atoms with Gasteiger partial charge >= 0.3 is 0 Å². The van der Waals surface area contributed by atoms with Gasteiger partial charge in [0.05, 0.1) is 5.56 Å². The van der Waals surface area contributed by atoms with Gasteiger partial charge in [0, 0.05) is 16.7 Å². The summed E-state index contributed by atoms with van der Waals surface area (Å²) < 4.78 is 58.4. The molecule has 0 aliphatic rings. The second kappa shape index (κ2) is 4.26. The normalized spacial score (nSPS) is 12.1. The third-order valence-electron chi connectivity index (χ3n) is 1.41. The first-order valence-corrected chi connectivity index (χ1v) is 6.42. The standard InChI is InChI=1S/C6H2BrClF3NO2S/c7-5-4(6(10)11)2(9)1-3(12-5)15(8,13)14/h1,6H. The Kier molecular flexibility index (Phi) is 3.62. The van der Waals surface area contributed by atoms with E-state index in [9.17, 15) is 21.6 Å². The van der Waals surface area contributed by atoms with Crippen molar-refractivity contribution in [2.75, 3.05) is 0 Å². The van der Waals surface area contributed by atoms with Crippen molar-refractivity contribution in [2.45, 2.75) is 11.5 Å². The summed E-state index contributed by atoms with van der Waals surface area (Å²) in [6.45, 7) is 0. The third-order valence-corrected chi connectivity index (χ3v) is 3.19. The molecule has 0 spiro atoms. The van der Waals surface area contributed by atoms with Gasteiger partial charge in [-0.05, 0) is 15.9 Å². The van der Waals surface area contributed by atoms with Gasteiger partial charge in [-0.25, -0.2) is 26.6 Å². The number of halogens is 5. The zero-order valence-corrected chi connectivity index (χ0v) is 9.87. The second-order valence-electron chi connectivity index (χ2n) is 2.39. The van der Waals surface area contributed by atoms with E-state index in [4.69, 9.17) is 10.7 Å². The molecule has 1 rings (SSSR count). The zero-order valence-electron chi connectivity index (χ0n) is 6.72. The predicted molar refractivity (Wildman–Crippen MR) is 49.9 cm³/mol. The fraction of sp³-hybridized carbons (Fsp3) is 0.167. The molecular formula is C6H2BrClF3NO2S. The van der Waals surface area contributed by atoms with E-state index in [1.165, 1.54) is 0 Å². The molecule has 15 heavy (non-hydrogen) atoms. The number of hydrogen-bond donors (Lipinski definition) is 0. The van der Waals surface area contributed by atoms with Gasteiger partial charge in [0.1, 0.15) is 10.4 Å². The van der Waals surface area contributed by atoms with Crippen molar-refractivity contribution in [3.05, 3.63) is 22.1 Å². The molecule has 0 aliphatic carbocycles. The first-order valence-electron chi connectivity index (χ1n) is 3.32. The predicted octanol–water partition coefficient (Wildman–Crippen LogP) is 2.85. The van der Waals surface area contributed by atoms with Gasteiger partial charge in [-0.2, -0.15) is 0 Å². The summed E-state index contributed by atoms with van der Waals surface area (Å²) in [6.07, 6.45) is -3.10. The largest absolute Gasteiger partial charge is 0.278 e. The highest BCUT2D eigenvalue weighted by atomic mass is 79.9. The molecule has 0 aliphatic heterocycles. The Bertz CT molecular complexity index is 470. The molecule has 1 aromatic rings. The molecule has 0 fully saturated rings. The van der Waals surface area contributed by atoms with E-state index in [1.807, 2.05) is 0 Å². The minimum atomic E-state index is -4.24. The minimum absolute atomic E-state index is 0.342. The van der Waals surface area contributed by atoms with Gasteiger partial charge < -0.3 is 0 Å². The average molecular weight is 325 g/mol. The molecule has 0 bridgehead atoms. The fourth-order valence-electron chi connectivity index (χ4n) is 0.793. The lowest BCUT2D eigenvalue weighted by molar-refractivity contribution is 0.144. The molecule has 1 heterocycles. The van der Waals surface area contributed by atoms with Crippen molar-refractivity contribution in [2.24, 2.45) is 0 Å². The van der Waals surface area contributed by atoms with Crippen LogP contribution in [0.1, 0.15) is 12.0 Å². The van der Waals surface area contributed by atoms with Crippen LogP contribution in [-0.4, -0.2) is 13.4 Å². The van der Waals surface area contributed by atoms with Crippen LogP contribution in [0.2, 0.25) is 0 Å². The third kappa shape index (κ3) is 2.82. The lowest BCUT2D eigenvalue weighted by Gasteiger charge is -2.05. The van der Waals surface area contributed by atoms with Gasteiger partial charge in [-0.15, -0.1) is 0 Å². The number of hydrogen-bond acceptors (Lipinski definition) is 3. The van der Waals surface area contributed by atoms with E-state index in [0.717, 1.165) is 0 Å². The first kappa shape index (κ1) is 12.7. The Morgan fingerprint density at radius 2 is 2.00 bits per heavy atom. The smallest absolute Gasteiger partial charge is 0.227 e. The SMILES string of the molecule is O=S(=O)(Cl)c1cc(F)c(C(F)F)c(Br)n1. The van der Waals surface area contributed by atoms with E-state index < -0.39 is 36.5 Å². The molecule has 0 saturated heterocycles. The van der Waals surface area contributed by atoms with Crippen LogP contribution in [0.25, 0.3) is 0 Å². The number of aromatic nitrogens is 1. The molecule has 0 aromatic carbocycles. The quantitative estimate of drug-likeness (QED) is 0.621. The Morgan fingerprint density at radius 3 is 2.33 bits per heavy atom. The topological polar surface area (TPSA) is 47.0 Å². The van der Waals surface area contributed by atoms with Crippen molar-refractivity contribution < 1.29 is 21.6 Å². The van der Waals surface area contributed by atoms with Crippen molar-refractivity contribution in [1.82, 2.24) is 4.98 Å². The van der Waals surface area contributed by atoms with Gasteiger partial charge in [-0.3, -0.25) is 0 Å². The number of alkyl halides is 2. The lowest BCUT2D eigenvalue weighted by atomic mass is 10.3. The average Bonchev–Trinajstić information content (AvgIpc) is 1.99. The minimum Gasteiger partial charge on any atom is -0.227 e. The summed E-state index contributed by atoms with van der Waals surface area (Å²) in [4.78, 5) is 3.20. The zero-order chi connectivity index (χ0) is 11.8. The molecule has 0 unspecified atom stereocenters. The molecule has 0 amide bonds. The van der Waals surface area contributed by atoms with E-state index in [2.05, 4.69) is 20.9 Å². The van der Waals surface area contributed by atoms with Crippen LogP contribution < -0.4 is 0 Å². The second-order valence-corrected chi connectivity index (χ2v) is 5.65. The highest BCUT2D eigenvalue weighted by molar-refractivity contribution is 9.10. The molecule has 0 radical (unpaired) electrons. The molecule has 1 aromatic heterocycles. The molecule has 0 atom stereocenters. The molecule has 84 valence electrons. The molecular weight excluding hydrogens is 322 g/mol. The monoisotopic (exact) mass is 323 g/mol. The summed E-state index contributed by atoms with van der Waals surface area (Å²) >= 11 is 2.54. The van der Waals surface area contributed by atoms with E-state index in [1.54, 1.807) is 0 Å². The summed E-state index contributed by atoms with van der Waals surface area (Å²) in [5, 5.41) is -0.821. The Hall–Kier alpha value is -0.340. The van der Waals surface area contributed by atoms with E-state index >= 15 is 0 Å². The highest BCUT2D eigenvalue weighted by Gasteiger charge is 2.23. The molecule has 9 heteroatoms. The Balaban J connectivity index is 3.45. The van der Waals surface area contributed by atoms with Crippen LogP contribution in [0, 0.1) is 5.82 Å². The van der Waals surface area contributed by atoms with Crippen LogP contribution in [0.15, 0.2) is 15.7 Å².